The first-order chi connectivity index (χ1) is 22.2. The van der Waals surface area contributed by atoms with Gasteiger partial charge in [0.1, 0.15) is 28.5 Å². The molecule has 0 heterocycles. The summed E-state index contributed by atoms with van der Waals surface area (Å²) in [5, 5.41) is 10.1. The molecule has 0 atom stereocenters. The van der Waals surface area contributed by atoms with Crippen molar-refractivity contribution >= 4 is 46.0 Å². The Morgan fingerprint density at radius 1 is 0.422 bits per heavy atom. The smallest absolute Gasteiger partial charge is 0.276 e. The van der Waals surface area contributed by atoms with Crippen LogP contribution in [-0.2, 0) is 4.79 Å². The van der Waals surface area contributed by atoms with Gasteiger partial charge in [-0.2, -0.15) is 0 Å². The topological polar surface area (TPSA) is 58.2 Å². The van der Waals surface area contributed by atoms with E-state index in [1.807, 2.05) is 133 Å². The van der Waals surface area contributed by atoms with Crippen LogP contribution in [0.2, 0.25) is 0 Å². The van der Waals surface area contributed by atoms with Gasteiger partial charge in [0.25, 0.3) is 11.8 Å². The van der Waals surface area contributed by atoms with Crippen molar-refractivity contribution in [2.45, 2.75) is 0 Å². The summed E-state index contributed by atoms with van der Waals surface area (Å²) in [6.45, 7) is 0. The lowest BCUT2D eigenvalue weighted by Gasteiger charge is -2.31. The second kappa shape index (κ2) is 13.8. The first-order valence-corrected chi connectivity index (χ1v) is 16.6. The summed E-state index contributed by atoms with van der Waals surface area (Å²) in [7, 11) is -2.84. The Morgan fingerprint density at radius 3 is 1.20 bits per heavy atom. The van der Waals surface area contributed by atoms with Gasteiger partial charge in [-0.25, -0.2) is 0 Å². The molecule has 4 nitrogen and oxygen atoms in total. The number of rotatable bonds is 9. The van der Waals surface area contributed by atoms with E-state index in [4.69, 9.17) is 0 Å². The van der Waals surface area contributed by atoms with Gasteiger partial charge in [-0.3, -0.25) is 9.59 Å². The van der Waals surface area contributed by atoms with E-state index < -0.39 is 13.2 Å². The first kappa shape index (κ1) is 29.5. The summed E-state index contributed by atoms with van der Waals surface area (Å²) < 4.78 is 0. The normalized spacial score (nSPS) is 11.6. The van der Waals surface area contributed by atoms with E-state index in [9.17, 15) is 9.59 Å². The van der Waals surface area contributed by atoms with Crippen LogP contribution >= 0.6 is 7.26 Å². The van der Waals surface area contributed by atoms with Crippen LogP contribution in [-0.4, -0.2) is 11.8 Å². The van der Waals surface area contributed by atoms with Gasteiger partial charge in [0.2, 0.25) is 0 Å². The maximum absolute atomic E-state index is 14.7. The monoisotopic (exact) mass is 603 g/mol. The quantitative estimate of drug-likeness (QED) is 0.134. The van der Waals surface area contributed by atoms with E-state index in [-0.39, 0.29) is 11.6 Å². The van der Waals surface area contributed by atoms with Gasteiger partial charge >= 0.3 is 0 Å². The molecule has 0 aliphatic rings. The lowest BCUT2D eigenvalue weighted by atomic mass is 10.1. The van der Waals surface area contributed by atoms with Crippen LogP contribution in [0.1, 0.15) is 15.9 Å². The zero-order valence-corrected chi connectivity index (χ0v) is 25.5. The van der Waals surface area contributed by atoms with E-state index in [0.717, 1.165) is 26.8 Å². The molecule has 0 aliphatic heterocycles. The summed E-state index contributed by atoms with van der Waals surface area (Å²) >= 11 is 0. The molecule has 0 unspecified atom stereocenters. The number of benzene rings is 6. The first-order valence-electron chi connectivity index (χ1n) is 14.8. The van der Waals surface area contributed by atoms with Gasteiger partial charge in [-0.1, -0.05) is 121 Å². The largest absolute Gasteiger partial charge is 0.321 e. The fraction of sp³-hybridized carbons (Fsp3) is 0. The maximum Gasteiger partial charge on any atom is 0.276 e. The highest BCUT2D eigenvalue weighted by molar-refractivity contribution is 8.03. The second-order valence-electron chi connectivity index (χ2n) is 10.4. The Kier molecular flexibility index (Phi) is 9.06. The number of amides is 2. The zero-order valence-electron chi connectivity index (χ0n) is 24.6. The molecule has 0 fully saturated rings. The van der Waals surface area contributed by atoms with Crippen molar-refractivity contribution in [3.05, 3.63) is 199 Å². The van der Waals surface area contributed by atoms with Crippen LogP contribution in [0.3, 0.4) is 0 Å². The molecule has 0 saturated heterocycles. The van der Waals surface area contributed by atoms with Gasteiger partial charge in [-0.15, -0.1) is 0 Å². The highest BCUT2D eigenvalue weighted by Gasteiger charge is 2.52. The van der Waals surface area contributed by atoms with Gasteiger partial charge in [0.15, 0.2) is 5.70 Å². The highest BCUT2D eigenvalue weighted by atomic mass is 31.2. The Bertz CT molecular complexity index is 1800. The van der Waals surface area contributed by atoms with Crippen molar-refractivity contribution in [3.63, 3.8) is 0 Å². The van der Waals surface area contributed by atoms with Crippen molar-refractivity contribution in [1.29, 1.82) is 0 Å². The fourth-order valence-corrected chi connectivity index (χ4v) is 10.2. The van der Waals surface area contributed by atoms with Crippen molar-refractivity contribution in [1.82, 2.24) is 5.32 Å². The van der Waals surface area contributed by atoms with Gasteiger partial charge in [0, 0.05) is 16.8 Å². The van der Waals surface area contributed by atoms with Crippen molar-refractivity contribution in [2.24, 2.45) is 0 Å². The molecule has 218 valence electrons. The molecule has 0 saturated carbocycles. The predicted octanol–water partition coefficient (Wildman–Crippen LogP) is 7.42. The molecule has 0 bridgehead atoms. The highest BCUT2D eigenvalue weighted by Crippen LogP contribution is 2.67. The van der Waals surface area contributed by atoms with E-state index in [1.54, 1.807) is 12.1 Å². The van der Waals surface area contributed by atoms with Crippen molar-refractivity contribution in [3.8, 4) is 0 Å². The lowest BCUT2D eigenvalue weighted by molar-refractivity contribution is -0.113. The average Bonchev–Trinajstić information content (AvgIpc) is 3.12. The summed E-state index contributed by atoms with van der Waals surface area (Å²) in [6, 6.07) is 59.2. The lowest BCUT2D eigenvalue weighted by Crippen LogP contribution is -2.37. The van der Waals surface area contributed by atoms with Crippen molar-refractivity contribution < 1.29 is 9.59 Å². The number of hydrogen-bond acceptors (Lipinski definition) is 2. The second-order valence-corrected chi connectivity index (χ2v) is 13.7. The molecular weight excluding hydrogens is 571 g/mol. The minimum Gasteiger partial charge on any atom is -0.321 e. The zero-order chi connectivity index (χ0) is 30.9. The molecular formula is C40H32N2O2P+. The van der Waals surface area contributed by atoms with Gasteiger partial charge in [-0.05, 0) is 60.7 Å². The SMILES string of the molecule is O=C(Nc1ccccc1)/C(NC(=O)c1ccccc1)=C(/c1ccccc1)[P+](c1ccccc1)(c1ccccc1)c1ccccc1. The van der Waals surface area contributed by atoms with Crippen LogP contribution in [0.4, 0.5) is 5.69 Å². The molecule has 45 heavy (non-hydrogen) atoms. The molecule has 6 aromatic rings. The Hall–Kier alpha value is -5.57. The number of para-hydroxylation sites is 1. The van der Waals surface area contributed by atoms with Crippen LogP contribution in [0.5, 0.6) is 0 Å². The van der Waals surface area contributed by atoms with Gasteiger partial charge < -0.3 is 10.6 Å². The number of anilines is 1. The third-order valence-electron chi connectivity index (χ3n) is 7.58. The molecule has 2 N–H and O–H groups in total. The Balaban J connectivity index is 1.75. The Labute approximate surface area is 264 Å². The predicted molar refractivity (Wildman–Crippen MR) is 187 cm³/mol. The van der Waals surface area contributed by atoms with Crippen molar-refractivity contribution in [2.75, 3.05) is 5.32 Å². The molecule has 5 heteroatoms. The average molecular weight is 604 g/mol. The van der Waals surface area contributed by atoms with Crippen LogP contribution in [0.15, 0.2) is 188 Å². The number of carbonyl (C=O) groups is 2. The van der Waals surface area contributed by atoms with E-state index >= 15 is 0 Å². The van der Waals surface area contributed by atoms with E-state index in [2.05, 4.69) is 47.0 Å². The van der Waals surface area contributed by atoms with E-state index in [0.29, 0.717) is 11.3 Å². The number of hydrogen-bond donors (Lipinski definition) is 2. The Morgan fingerprint density at radius 2 is 0.778 bits per heavy atom. The molecule has 6 aromatic carbocycles. The van der Waals surface area contributed by atoms with Crippen LogP contribution in [0, 0.1) is 0 Å². The third kappa shape index (κ3) is 6.24. The fourth-order valence-electron chi connectivity index (χ4n) is 5.60. The molecule has 0 aromatic heterocycles. The van der Waals surface area contributed by atoms with E-state index in [1.165, 1.54) is 0 Å². The number of carbonyl (C=O) groups excluding carboxylic acids is 2. The molecule has 6 rings (SSSR count). The minimum absolute atomic E-state index is 0.198. The molecule has 0 radical (unpaired) electrons. The maximum atomic E-state index is 14.7. The number of nitrogens with one attached hydrogen (secondary N) is 2. The summed E-state index contributed by atoms with van der Waals surface area (Å²) in [5.41, 5.74) is 2.13. The summed E-state index contributed by atoms with van der Waals surface area (Å²) in [6.07, 6.45) is 0. The molecule has 0 spiro atoms. The third-order valence-corrected chi connectivity index (χ3v) is 12.0. The van der Waals surface area contributed by atoms with Gasteiger partial charge in [0.05, 0.1) is 0 Å². The summed E-state index contributed by atoms with van der Waals surface area (Å²) in [5.74, 6) is -0.772. The minimum atomic E-state index is -2.84. The molecule has 0 aliphatic carbocycles. The standard InChI is InChI=1S/C40H31N2O2P/c43-39(32-21-9-2-10-22-32)42-37(40(44)41-33-23-11-3-12-24-33)38(31-19-7-1-8-20-31)45(34-25-13-4-14-26-34,35-27-15-5-16-28-35)36-29-17-6-18-30-36/h1-30H,(H-,41,42,43,44)/p+1/b38-37+. The van der Waals surface area contributed by atoms with Crippen LogP contribution in [0.25, 0.3) is 5.31 Å². The van der Waals surface area contributed by atoms with Crippen LogP contribution < -0.4 is 26.5 Å². The summed E-state index contributed by atoms with van der Waals surface area (Å²) in [4.78, 5) is 28.6. The molecule has 2 amide bonds.